The number of aromatic hydroxyl groups is 1. The Morgan fingerprint density at radius 3 is 2.44 bits per heavy atom. The lowest BCUT2D eigenvalue weighted by Crippen LogP contribution is -2.50. The van der Waals surface area contributed by atoms with Gasteiger partial charge in [-0.1, -0.05) is 30.3 Å². The first kappa shape index (κ1) is 22.1. The Morgan fingerprint density at radius 2 is 1.78 bits per heavy atom. The highest BCUT2D eigenvalue weighted by Crippen LogP contribution is 2.31. The predicted molar refractivity (Wildman–Crippen MR) is 133 cm³/mol. The lowest BCUT2D eigenvalue weighted by atomic mass is 10.1. The number of anilines is 2. The molecule has 1 aliphatic rings. The third-order valence-electron chi connectivity index (χ3n) is 5.41. The van der Waals surface area contributed by atoms with Gasteiger partial charge in [0.05, 0.1) is 12.7 Å². The molecule has 1 fully saturated rings. The number of benzene rings is 2. The summed E-state index contributed by atoms with van der Waals surface area (Å²) in [5.74, 6) is -0.107. The van der Waals surface area contributed by atoms with Crippen molar-refractivity contribution in [1.29, 1.82) is 0 Å². The van der Waals surface area contributed by atoms with Crippen molar-refractivity contribution in [2.45, 2.75) is 6.42 Å². The van der Waals surface area contributed by atoms with Crippen molar-refractivity contribution in [2.24, 2.45) is 0 Å². The Labute approximate surface area is 197 Å². The molecule has 0 radical (unpaired) electrons. The minimum atomic E-state index is -0.372. The molecule has 2 heterocycles. The molecule has 1 aromatic heterocycles. The number of phenols is 1. The molecule has 1 saturated heterocycles. The summed E-state index contributed by atoms with van der Waals surface area (Å²) in [5.41, 5.74) is 2.77. The number of nitrogens with zero attached hydrogens (tertiary/aromatic N) is 2. The predicted octanol–water partition coefficient (Wildman–Crippen LogP) is 4.35. The van der Waals surface area contributed by atoms with Gasteiger partial charge in [-0.2, -0.15) is 0 Å². The largest absolute Gasteiger partial charge is 0.508 e. The fraction of sp³-hybridized carbons (Fsp3) is 0.250. The van der Waals surface area contributed by atoms with Gasteiger partial charge in [-0.15, -0.1) is 11.3 Å². The normalized spacial score (nSPS) is 13.7. The van der Waals surface area contributed by atoms with Gasteiger partial charge in [-0.3, -0.25) is 0 Å². The third kappa shape index (κ3) is 5.20. The van der Waals surface area contributed by atoms with Gasteiger partial charge in [-0.05, 0) is 48.1 Å². The van der Waals surface area contributed by atoms with Gasteiger partial charge >= 0.3 is 5.97 Å². The molecule has 6 nitrogen and oxygen atoms in total. The van der Waals surface area contributed by atoms with E-state index in [9.17, 15) is 9.90 Å². The second-order valence-electron chi connectivity index (χ2n) is 7.53. The zero-order valence-electron chi connectivity index (χ0n) is 17.8. The minimum Gasteiger partial charge on any atom is -0.508 e. The molecule has 4 rings (SSSR count). The molecule has 0 unspecified atom stereocenters. The van der Waals surface area contributed by atoms with Crippen LogP contribution in [0.1, 0.15) is 20.8 Å². The molecule has 2 N–H and O–H groups in total. The fourth-order valence-corrected chi connectivity index (χ4v) is 5.11. The number of esters is 1. The van der Waals surface area contributed by atoms with Gasteiger partial charge in [-0.25, -0.2) is 4.79 Å². The molecule has 0 spiro atoms. The van der Waals surface area contributed by atoms with Gasteiger partial charge in [0.25, 0.3) is 0 Å². The number of hydrogen-bond acceptors (Lipinski definition) is 6. The molecule has 2 aromatic carbocycles. The number of piperazine rings is 1. The van der Waals surface area contributed by atoms with Gasteiger partial charge in [0.1, 0.15) is 10.8 Å². The molecule has 3 aromatic rings. The smallest absolute Gasteiger partial charge is 0.340 e. The van der Waals surface area contributed by atoms with Crippen LogP contribution in [0, 0.1) is 0 Å². The number of rotatable bonds is 5. The van der Waals surface area contributed by atoms with E-state index in [4.69, 9.17) is 17.0 Å². The zero-order chi connectivity index (χ0) is 22.5. The second kappa shape index (κ2) is 10.0. The van der Waals surface area contributed by atoms with E-state index in [1.54, 1.807) is 12.1 Å². The summed E-state index contributed by atoms with van der Waals surface area (Å²) >= 11 is 7.20. The van der Waals surface area contributed by atoms with Gasteiger partial charge in [0.2, 0.25) is 0 Å². The van der Waals surface area contributed by atoms with Crippen molar-refractivity contribution < 1.29 is 14.6 Å². The number of carbonyl (C=O) groups is 1. The molecule has 0 atom stereocenters. The van der Waals surface area contributed by atoms with Crippen molar-refractivity contribution in [3.05, 3.63) is 76.7 Å². The van der Waals surface area contributed by atoms with Crippen molar-refractivity contribution in [3.8, 4) is 5.75 Å². The first-order valence-corrected chi connectivity index (χ1v) is 11.6. The summed E-state index contributed by atoms with van der Waals surface area (Å²) < 4.78 is 4.99. The monoisotopic (exact) mass is 467 g/mol. The number of phenolic OH excluding ortho intramolecular Hbond substituents is 1. The standard InChI is InChI=1S/C24H25N3O3S2/c1-30-23(29)21-16-20(15-17-5-3-2-4-6-17)32-22(21)25-24(31)27-13-11-26(12-14-27)18-7-9-19(28)10-8-18/h2-10,16,28H,11-15H2,1H3,(H,25,31). The molecule has 0 aliphatic carbocycles. The van der Waals surface area contributed by atoms with Crippen LogP contribution in [0.4, 0.5) is 10.7 Å². The molecule has 1 aliphatic heterocycles. The van der Waals surface area contributed by atoms with Crippen LogP contribution in [-0.4, -0.2) is 54.4 Å². The van der Waals surface area contributed by atoms with E-state index in [0.717, 1.165) is 43.2 Å². The highest BCUT2D eigenvalue weighted by Gasteiger charge is 2.22. The molecule has 8 heteroatoms. The molecule has 0 saturated carbocycles. The van der Waals surface area contributed by atoms with E-state index < -0.39 is 0 Å². The van der Waals surface area contributed by atoms with Crippen LogP contribution in [0.5, 0.6) is 5.75 Å². The van der Waals surface area contributed by atoms with Crippen LogP contribution in [0.3, 0.4) is 0 Å². The zero-order valence-corrected chi connectivity index (χ0v) is 19.4. The summed E-state index contributed by atoms with van der Waals surface area (Å²) in [6, 6.07) is 19.3. The fourth-order valence-electron chi connectivity index (χ4n) is 3.69. The van der Waals surface area contributed by atoms with E-state index in [1.807, 2.05) is 36.4 Å². The Bertz CT molecular complexity index is 1080. The first-order valence-electron chi connectivity index (χ1n) is 10.4. The van der Waals surface area contributed by atoms with Crippen molar-refractivity contribution in [3.63, 3.8) is 0 Å². The van der Waals surface area contributed by atoms with Crippen LogP contribution in [-0.2, 0) is 11.2 Å². The maximum Gasteiger partial charge on any atom is 0.340 e. The van der Waals surface area contributed by atoms with E-state index in [-0.39, 0.29) is 11.7 Å². The average molecular weight is 468 g/mol. The molecule has 0 bridgehead atoms. The first-order chi connectivity index (χ1) is 15.5. The van der Waals surface area contributed by atoms with Gasteiger partial charge < -0.3 is 25.0 Å². The number of nitrogens with one attached hydrogen (secondary N) is 1. The Balaban J connectivity index is 1.42. The molecule has 32 heavy (non-hydrogen) atoms. The molecular weight excluding hydrogens is 442 g/mol. The molecular formula is C24H25N3O3S2. The Morgan fingerprint density at radius 1 is 1.09 bits per heavy atom. The topological polar surface area (TPSA) is 65.0 Å². The third-order valence-corrected chi connectivity index (χ3v) is 6.82. The van der Waals surface area contributed by atoms with Crippen LogP contribution in [0.2, 0.25) is 0 Å². The van der Waals surface area contributed by atoms with Crippen LogP contribution >= 0.6 is 23.6 Å². The van der Waals surface area contributed by atoms with Crippen molar-refractivity contribution >= 4 is 45.3 Å². The van der Waals surface area contributed by atoms with Gasteiger partial charge in [0.15, 0.2) is 5.11 Å². The highest BCUT2D eigenvalue weighted by molar-refractivity contribution is 7.80. The van der Waals surface area contributed by atoms with Crippen LogP contribution < -0.4 is 10.2 Å². The summed E-state index contributed by atoms with van der Waals surface area (Å²) in [7, 11) is 1.39. The number of thiocarbonyl (C=S) groups is 1. The Kier molecular flexibility index (Phi) is 6.92. The molecule has 0 amide bonds. The Hall–Kier alpha value is -3.10. The molecule has 166 valence electrons. The minimum absolute atomic E-state index is 0.266. The van der Waals surface area contributed by atoms with E-state index in [0.29, 0.717) is 15.7 Å². The maximum atomic E-state index is 12.3. The van der Waals surface area contributed by atoms with Crippen LogP contribution in [0.15, 0.2) is 60.7 Å². The van der Waals surface area contributed by atoms with Crippen molar-refractivity contribution in [1.82, 2.24) is 4.90 Å². The number of hydrogen-bond donors (Lipinski definition) is 2. The van der Waals surface area contributed by atoms with E-state index in [2.05, 4.69) is 27.2 Å². The highest BCUT2D eigenvalue weighted by atomic mass is 32.1. The number of methoxy groups -OCH3 is 1. The summed E-state index contributed by atoms with van der Waals surface area (Å²) in [4.78, 5) is 17.8. The number of carbonyl (C=O) groups excluding carboxylic acids is 1. The maximum absolute atomic E-state index is 12.3. The van der Waals surface area contributed by atoms with Crippen LogP contribution in [0.25, 0.3) is 0 Å². The number of ether oxygens (including phenoxy) is 1. The number of thiophene rings is 1. The van der Waals surface area contributed by atoms with Crippen molar-refractivity contribution in [2.75, 3.05) is 43.5 Å². The summed E-state index contributed by atoms with van der Waals surface area (Å²) in [5, 5.41) is 14.1. The quantitative estimate of drug-likeness (QED) is 0.427. The van der Waals surface area contributed by atoms with Gasteiger partial charge in [0, 0.05) is 43.2 Å². The average Bonchev–Trinajstić information content (AvgIpc) is 3.21. The SMILES string of the molecule is COC(=O)c1cc(Cc2ccccc2)sc1NC(=S)N1CCN(c2ccc(O)cc2)CC1. The summed E-state index contributed by atoms with van der Waals surface area (Å²) in [6.45, 7) is 3.17. The van der Waals surface area contributed by atoms with E-state index in [1.165, 1.54) is 24.0 Å². The second-order valence-corrected chi connectivity index (χ2v) is 9.05. The lowest BCUT2D eigenvalue weighted by molar-refractivity contribution is 0.0602. The summed E-state index contributed by atoms with van der Waals surface area (Å²) in [6.07, 6.45) is 0.745. The lowest BCUT2D eigenvalue weighted by Gasteiger charge is -2.37. The van der Waals surface area contributed by atoms with E-state index >= 15 is 0 Å².